The molecule has 0 aliphatic carbocycles. The van der Waals surface area contributed by atoms with E-state index in [9.17, 15) is 5.11 Å². The zero-order valence-electron chi connectivity index (χ0n) is 8.27. The number of hydrogen-bond donors (Lipinski definition) is 1. The second-order valence-corrected chi connectivity index (χ2v) is 4.96. The van der Waals surface area contributed by atoms with Gasteiger partial charge in [-0.3, -0.25) is 0 Å². The Hall–Kier alpha value is -0.450. The van der Waals surface area contributed by atoms with Crippen molar-refractivity contribution in [3.8, 4) is 0 Å². The molecular formula is C10H13ClN2OS. The number of halogens is 1. The Balaban J connectivity index is 2.20. The van der Waals surface area contributed by atoms with Crippen molar-refractivity contribution >= 4 is 29.2 Å². The summed E-state index contributed by atoms with van der Waals surface area (Å²) in [7, 11) is 0. The Morgan fingerprint density at radius 1 is 1.60 bits per heavy atom. The molecule has 1 aliphatic rings. The first-order valence-corrected chi connectivity index (χ1v) is 6.42. The summed E-state index contributed by atoms with van der Waals surface area (Å²) in [4.78, 5) is 6.39. The van der Waals surface area contributed by atoms with Crippen molar-refractivity contribution in [2.24, 2.45) is 0 Å². The monoisotopic (exact) mass is 244 g/mol. The maximum atomic E-state index is 9.28. The van der Waals surface area contributed by atoms with Gasteiger partial charge in [0.1, 0.15) is 11.0 Å². The molecule has 1 aliphatic heterocycles. The van der Waals surface area contributed by atoms with Crippen molar-refractivity contribution in [2.75, 3.05) is 29.6 Å². The van der Waals surface area contributed by atoms with Gasteiger partial charge in [0, 0.05) is 18.1 Å². The largest absolute Gasteiger partial charge is 0.394 e. The zero-order valence-corrected chi connectivity index (χ0v) is 9.84. The molecule has 1 saturated heterocycles. The van der Waals surface area contributed by atoms with Gasteiger partial charge in [-0.2, -0.15) is 11.8 Å². The first-order chi connectivity index (χ1) is 7.31. The molecule has 1 unspecified atom stereocenters. The predicted octanol–water partition coefficient (Wildman–Crippen LogP) is 1.65. The second-order valence-electron chi connectivity index (χ2n) is 3.42. The SMILES string of the molecule is OCC1CSCCN1c1cccc(Cl)n1. The first-order valence-electron chi connectivity index (χ1n) is 4.89. The van der Waals surface area contributed by atoms with Crippen LogP contribution in [0.4, 0.5) is 5.82 Å². The molecule has 1 aromatic heterocycles. The highest BCUT2D eigenvalue weighted by Gasteiger charge is 2.23. The van der Waals surface area contributed by atoms with E-state index in [1.807, 2.05) is 23.9 Å². The molecule has 82 valence electrons. The second kappa shape index (κ2) is 5.05. The standard InChI is InChI=1S/C10H13ClN2OS/c11-9-2-1-3-10(12-9)13-4-5-15-7-8(13)6-14/h1-3,8,14H,4-7H2. The van der Waals surface area contributed by atoms with Gasteiger partial charge in [-0.25, -0.2) is 4.98 Å². The number of aliphatic hydroxyl groups excluding tert-OH is 1. The van der Waals surface area contributed by atoms with E-state index in [1.165, 1.54) is 0 Å². The van der Waals surface area contributed by atoms with Crippen LogP contribution in [0.1, 0.15) is 0 Å². The van der Waals surface area contributed by atoms with E-state index in [4.69, 9.17) is 11.6 Å². The highest BCUT2D eigenvalue weighted by Crippen LogP contribution is 2.23. The van der Waals surface area contributed by atoms with E-state index in [0.717, 1.165) is 23.9 Å². The summed E-state index contributed by atoms with van der Waals surface area (Å²) in [6.07, 6.45) is 0. The Morgan fingerprint density at radius 3 is 3.20 bits per heavy atom. The molecule has 1 aromatic rings. The van der Waals surface area contributed by atoms with Gasteiger partial charge < -0.3 is 10.0 Å². The van der Waals surface area contributed by atoms with E-state index < -0.39 is 0 Å². The highest BCUT2D eigenvalue weighted by atomic mass is 35.5. The van der Waals surface area contributed by atoms with Gasteiger partial charge in [-0.05, 0) is 12.1 Å². The van der Waals surface area contributed by atoms with Crippen molar-refractivity contribution in [1.82, 2.24) is 4.98 Å². The van der Waals surface area contributed by atoms with E-state index in [1.54, 1.807) is 6.07 Å². The maximum Gasteiger partial charge on any atom is 0.131 e. The number of aliphatic hydroxyl groups is 1. The summed E-state index contributed by atoms with van der Waals surface area (Å²) in [5, 5.41) is 9.78. The highest BCUT2D eigenvalue weighted by molar-refractivity contribution is 7.99. The summed E-state index contributed by atoms with van der Waals surface area (Å²) in [5.41, 5.74) is 0. The van der Waals surface area contributed by atoms with Crippen LogP contribution in [-0.2, 0) is 0 Å². The molecule has 0 amide bonds. The maximum absolute atomic E-state index is 9.28. The minimum absolute atomic E-state index is 0.162. The van der Waals surface area contributed by atoms with Crippen LogP contribution in [0.3, 0.4) is 0 Å². The summed E-state index contributed by atoms with van der Waals surface area (Å²) >= 11 is 7.72. The normalized spacial score (nSPS) is 21.7. The van der Waals surface area contributed by atoms with Gasteiger partial charge in [0.25, 0.3) is 0 Å². The number of pyridine rings is 1. The molecule has 5 heteroatoms. The average Bonchev–Trinajstić information content (AvgIpc) is 2.29. The number of aromatic nitrogens is 1. The van der Waals surface area contributed by atoms with Crippen molar-refractivity contribution in [2.45, 2.75) is 6.04 Å². The molecule has 0 saturated carbocycles. The van der Waals surface area contributed by atoms with Gasteiger partial charge in [-0.1, -0.05) is 17.7 Å². The fraction of sp³-hybridized carbons (Fsp3) is 0.500. The van der Waals surface area contributed by atoms with Gasteiger partial charge >= 0.3 is 0 Å². The molecule has 3 nitrogen and oxygen atoms in total. The molecule has 1 fully saturated rings. The lowest BCUT2D eigenvalue weighted by atomic mass is 10.3. The lowest BCUT2D eigenvalue weighted by molar-refractivity contribution is 0.268. The van der Waals surface area contributed by atoms with Crippen molar-refractivity contribution in [1.29, 1.82) is 0 Å². The molecule has 1 N–H and O–H groups in total. The van der Waals surface area contributed by atoms with Crippen LogP contribution < -0.4 is 4.90 Å². The third-order valence-electron chi connectivity index (χ3n) is 2.43. The molecular weight excluding hydrogens is 232 g/mol. The van der Waals surface area contributed by atoms with Gasteiger partial charge in [0.15, 0.2) is 0 Å². The Labute approximate surface area is 98.5 Å². The molecule has 2 rings (SSSR count). The third-order valence-corrected chi connectivity index (χ3v) is 3.74. The summed E-state index contributed by atoms with van der Waals surface area (Å²) in [6, 6.07) is 5.75. The summed E-state index contributed by atoms with van der Waals surface area (Å²) in [6.45, 7) is 1.09. The zero-order chi connectivity index (χ0) is 10.7. The van der Waals surface area contributed by atoms with E-state index >= 15 is 0 Å². The average molecular weight is 245 g/mol. The first kappa shape index (κ1) is 11.0. The number of hydrogen-bond acceptors (Lipinski definition) is 4. The molecule has 0 spiro atoms. The molecule has 1 atom stereocenters. The molecule has 0 aromatic carbocycles. The van der Waals surface area contributed by atoms with Crippen LogP contribution in [0.25, 0.3) is 0 Å². The minimum Gasteiger partial charge on any atom is -0.394 e. The molecule has 15 heavy (non-hydrogen) atoms. The van der Waals surface area contributed by atoms with Crippen molar-refractivity contribution < 1.29 is 5.11 Å². The van der Waals surface area contributed by atoms with Crippen LogP contribution in [-0.4, -0.2) is 40.8 Å². The van der Waals surface area contributed by atoms with E-state index in [2.05, 4.69) is 9.88 Å². The molecule has 2 heterocycles. The van der Waals surface area contributed by atoms with Gasteiger partial charge in [0.05, 0.1) is 12.6 Å². The Morgan fingerprint density at radius 2 is 2.47 bits per heavy atom. The summed E-state index contributed by atoms with van der Waals surface area (Å²) in [5.74, 6) is 2.89. The van der Waals surface area contributed by atoms with Crippen LogP contribution in [0, 0.1) is 0 Å². The minimum atomic E-state index is 0.162. The lowest BCUT2D eigenvalue weighted by Crippen LogP contribution is -2.45. The number of anilines is 1. The Kier molecular flexibility index (Phi) is 3.72. The fourth-order valence-corrected chi connectivity index (χ4v) is 2.87. The molecule has 0 radical (unpaired) electrons. The van der Waals surface area contributed by atoms with Crippen molar-refractivity contribution in [3.63, 3.8) is 0 Å². The lowest BCUT2D eigenvalue weighted by Gasteiger charge is -2.35. The third kappa shape index (κ3) is 2.56. The predicted molar refractivity (Wildman–Crippen MR) is 64.8 cm³/mol. The quantitative estimate of drug-likeness (QED) is 0.803. The number of nitrogens with zero attached hydrogens (tertiary/aromatic N) is 2. The van der Waals surface area contributed by atoms with Crippen LogP contribution in [0.15, 0.2) is 18.2 Å². The number of thioether (sulfide) groups is 1. The van der Waals surface area contributed by atoms with Crippen molar-refractivity contribution in [3.05, 3.63) is 23.4 Å². The van der Waals surface area contributed by atoms with Gasteiger partial charge in [0.2, 0.25) is 0 Å². The fourth-order valence-electron chi connectivity index (χ4n) is 1.67. The van der Waals surface area contributed by atoms with Crippen LogP contribution in [0.5, 0.6) is 0 Å². The Bertz CT molecular complexity index is 337. The van der Waals surface area contributed by atoms with Crippen LogP contribution >= 0.6 is 23.4 Å². The number of rotatable bonds is 2. The summed E-state index contributed by atoms with van der Waals surface area (Å²) < 4.78 is 0. The van der Waals surface area contributed by atoms with E-state index in [-0.39, 0.29) is 12.6 Å². The smallest absolute Gasteiger partial charge is 0.131 e. The van der Waals surface area contributed by atoms with E-state index in [0.29, 0.717) is 5.15 Å². The molecule has 0 bridgehead atoms. The van der Waals surface area contributed by atoms with Crippen LogP contribution in [0.2, 0.25) is 5.15 Å². The topological polar surface area (TPSA) is 36.4 Å². The van der Waals surface area contributed by atoms with Gasteiger partial charge in [-0.15, -0.1) is 0 Å².